The predicted octanol–water partition coefficient (Wildman–Crippen LogP) is 13.6. The molecule has 0 bridgehead atoms. The van der Waals surface area contributed by atoms with E-state index in [1.54, 1.807) is 0 Å². The van der Waals surface area contributed by atoms with Crippen molar-refractivity contribution < 1.29 is 0 Å². The topological polar surface area (TPSA) is 0 Å². The summed E-state index contributed by atoms with van der Waals surface area (Å²) in [5.74, 6) is 1.92. The minimum Gasteiger partial charge on any atom is -0.0991 e. The van der Waals surface area contributed by atoms with E-state index in [1.165, 1.54) is 82.2 Å². The molecule has 0 nitrogen and oxygen atoms in total. The van der Waals surface area contributed by atoms with Gasteiger partial charge in [-0.05, 0) is 95.5 Å². The van der Waals surface area contributed by atoms with E-state index in [1.807, 2.05) is 12.2 Å². The zero-order valence-electron chi connectivity index (χ0n) is 28.9. The van der Waals surface area contributed by atoms with Crippen LogP contribution < -0.4 is 0 Å². The third-order valence-electron chi connectivity index (χ3n) is 9.82. The number of rotatable bonds is 13. The van der Waals surface area contributed by atoms with Crippen LogP contribution >= 0.6 is 0 Å². The molecule has 0 spiro atoms. The van der Waals surface area contributed by atoms with Gasteiger partial charge < -0.3 is 0 Å². The molecule has 1 aliphatic rings. The van der Waals surface area contributed by atoms with Gasteiger partial charge in [0.1, 0.15) is 0 Å². The predicted molar refractivity (Wildman–Crippen MR) is 205 cm³/mol. The third kappa shape index (κ3) is 8.97. The zero-order chi connectivity index (χ0) is 32.9. The van der Waals surface area contributed by atoms with Crippen LogP contribution in [0.25, 0.3) is 27.8 Å². The molecule has 3 aromatic carbocycles. The van der Waals surface area contributed by atoms with E-state index in [0.717, 1.165) is 5.92 Å². The average Bonchev–Trinajstić information content (AvgIpc) is 3.09. The molecular weight excluding hydrogens is 553 g/mol. The minimum atomic E-state index is 0.289. The molecular formula is C46H54. The van der Waals surface area contributed by atoms with Crippen molar-refractivity contribution in [3.8, 4) is 22.3 Å². The van der Waals surface area contributed by atoms with Crippen LogP contribution in [0.15, 0.2) is 152 Å². The van der Waals surface area contributed by atoms with Gasteiger partial charge in [0.2, 0.25) is 0 Å². The Morgan fingerprint density at radius 2 is 1.54 bits per heavy atom. The number of hydrogen-bond donors (Lipinski definition) is 0. The van der Waals surface area contributed by atoms with Crippen LogP contribution in [0.4, 0.5) is 0 Å². The van der Waals surface area contributed by atoms with Gasteiger partial charge in [-0.1, -0.05) is 180 Å². The highest BCUT2D eigenvalue weighted by Gasteiger charge is 2.30. The minimum absolute atomic E-state index is 0.289. The first-order chi connectivity index (χ1) is 22.4. The first-order valence-corrected chi connectivity index (χ1v) is 17.3. The summed E-state index contributed by atoms with van der Waals surface area (Å²) in [6, 6.07) is 26.6. The van der Waals surface area contributed by atoms with Crippen molar-refractivity contribution in [2.24, 2.45) is 23.7 Å². The van der Waals surface area contributed by atoms with Crippen LogP contribution in [-0.4, -0.2) is 0 Å². The van der Waals surface area contributed by atoms with Gasteiger partial charge >= 0.3 is 0 Å². The second kappa shape index (κ2) is 17.5. The summed E-state index contributed by atoms with van der Waals surface area (Å²) in [5.41, 5.74) is 11.4. The molecule has 0 N–H and O–H groups in total. The first kappa shape index (κ1) is 34.7. The van der Waals surface area contributed by atoms with Gasteiger partial charge in [-0.3, -0.25) is 0 Å². The summed E-state index contributed by atoms with van der Waals surface area (Å²) >= 11 is 0. The summed E-state index contributed by atoms with van der Waals surface area (Å²) < 4.78 is 0. The Labute approximate surface area is 280 Å². The summed E-state index contributed by atoms with van der Waals surface area (Å²) in [6.45, 7) is 19.8. The van der Waals surface area contributed by atoms with Crippen LogP contribution in [0, 0.1) is 30.6 Å². The Hall–Kier alpha value is -4.16. The fourth-order valence-electron chi connectivity index (χ4n) is 7.15. The molecule has 0 aromatic heterocycles. The number of allylic oxidation sites excluding steroid dienone is 12. The smallest absolute Gasteiger partial charge is 0.00463 e. The van der Waals surface area contributed by atoms with E-state index in [4.69, 9.17) is 0 Å². The van der Waals surface area contributed by atoms with Gasteiger partial charge in [0.05, 0.1) is 0 Å². The lowest BCUT2D eigenvalue weighted by Crippen LogP contribution is -2.26. The first-order valence-electron chi connectivity index (χ1n) is 17.3. The molecule has 46 heavy (non-hydrogen) atoms. The van der Waals surface area contributed by atoms with Gasteiger partial charge in [-0.2, -0.15) is 0 Å². The van der Waals surface area contributed by atoms with E-state index in [0.29, 0.717) is 11.8 Å². The molecule has 3 unspecified atom stereocenters. The normalized spacial score (nSPS) is 19.2. The van der Waals surface area contributed by atoms with Gasteiger partial charge in [-0.15, -0.1) is 0 Å². The quantitative estimate of drug-likeness (QED) is 0.170. The highest BCUT2D eigenvalue weighted by Crippen LogP contribution is 2.42. The number of hydrogen-bond acceptors (Lipinski definition) is 0. The van der Waals surface area contributed by atoms with Crippen LogP contribution in [0.2, 0.25) is 0 Å². The number of benzene rings is 3. The average molecular weight is 607 g/mol. The van der Waals surface area contributed by atoms with E-state index < -0.39 is 0 Å². The maximum atomic E-state index is 4.60. The SMILES string of the molecule is C=C/C=C\C(=C)C(/C=C\C(=C(/C)C(C)/C=C\C=C/C)c1cc(C)cc(-c2ccccc2-c2ccccc2)c1)C1CCCC[C@H]1CC. The fraction of sp³-hybridized carbons (Fsp3) is 0.304. The van der Waals surface area contributed by atoms with Crippen molar-refractivity contribution in [1.29, 1.82) is 0 Å². The molecule has 0 heterocycles. The van der Waals surface area contributed by atoms with Gasteiger partial charge in [0, 0.05) is 5.92 Å². The highest BCUT2D eigenvalue weighted by molar-refractivity contribution is 5.87. The Morgan fingerprint density at radius 3 is 2.24 bits per heavy atom. The lowest BCUT2D eigenvalue weighted by molar-refractivity contribution is 0.198. The van der Waals surface area contributed by atoms with Crippen LogP contribution in [-0.2, 0) is 0 Å². The van der Waals surface area contributed by atoms with Crippen molar-refractivity contribution in [3.05, 3.63) is 163 Å². The lowest BCUT2D eigenvalue weighted by atomic mass is 9.69. The molecule has 4 rings (SSSR count). The Bertz CT molecular complexity index is 1600. The molecule has 0 radical (unpaired) electrons. The third-order valence-corrected chi connectivity index (χ3v) is 9.82. The molecule has 0 saturated heterocycles. The monoisotopic (exact) mass is 606 g/mol. The van der Waals surface area contributed by atoms with Crippen LogP contribution in [0.3, 0.4) is 0 Å². The van der Waals surface area contributed by atoms with Crippen molar-refractivity contribution in [2.75, 3.05) is 0 Å². The highest BCUT2D eigenvalue weighted by atomic mass is 14.3. The largest absolute Gasteiger partial charge is 0.0991 e. The summed E-state index contributed by atoms with van der Waals surface area (Å²) in [6.07, 6.45) is 26.1. The van der Waals surface area contributed by atoms with E-state index in [9.17, 15) is 0 Å². The van der Waals surface area contributed by atoms with Crippen LogP contribution in [0.1, 0.15) is 70.9 Å². The van der Waals surface area contributed by atoms with Gasteiger partial charge in [0.25, 0.3) is 0 Å². The second-order valence-electron chi connectivity index (χ2n) is 13.0. The molecule has 0 amide bonds. The number of aryl methyl sites for hydroxylation is 1. The zero-order valence-corrected chi connectivity index (χ0v) is 28.9. The molecule has 3 aromatic rings. The van der Waals surface area contributed by atoms with E-state index in [-0.39, 0.29) is 5.92 Å². The molecule has 0 aliphatic heterocycles. The van der Waals surface area contributed by atoms with Crippen molar-refractivity contribution in [2.45, 2.75) is 66.7 Å². The summed E-state index contributed by atoms with van der Waals surface area (Å²) in [5, 5.41) is 0. The van der Waals surface area contributed by atoms with Crippen molar-refractivity contribution in [1.82, 2.24) is 0 Å². The molecule has 238 valence electrons. The molecule has 1 aliphatic carbocycles. The van der Waals surface area contributed by atoms with Gasteiger partial charge in [0.15, 0.2) is 0 Å². The van der Waals surface area contributed by atoms with Crippen molar-refractivity contribution >= 4 is 5.57 Å². The maximum absolute atomic E-state index is 4.60. The molecule has 1 fully saturated rings. The van der Waals surface area contributed by atoms with E-state index in [2.05, 4.69) is 163 Å². The lowest BCUT2D eigenvalue weighted by Gasteiger charge is -2.36. The Morgan fingerprint density at radius 1 is 0.848 bits per heavy atom. The molecule has 4 atom stereocenters. The van der Waals surface area contributed by atoms with Crippen molar-refractivity contribution in [3.63, 3.8) is 0 Å². The second-order valence-corrected chi connectivity index (χ2v) is 13.0. The summed E-state index contributed by atoms with van der Waals surface area (Å²) in [7, 11) is 0. The van der Waals surface area contributed by atoms with Crippen LogP contribution in [0.5, 0.6) is 0 Å². The Kier molecular flexibility index (Phi) is 13.2. The van der Waals surface area contributed by atoms with E-state index >= 15 is 0 Å². The summed E-state index contributed by atoms with van der Waals surface area (Å²) in [4.78, 5) is 0. The fourth-order valence-corrected chi connectivity index (χ4v) is 7.15. The Balaban J connectivity index is 1.87. The standard InChI is InChI=1S/C46H54/c1-8-11-14-22-35(5)37(7)43(30-29-42(36(6)21-12-9-2)44-26-18-17-23-38(44)10-3)40-31-34(4)32-41(33-40)46-28-20-19-27-45(46)39-24-15-13-16-25-39/h8-9,11-16,19-22,24-25,27-33,35,38,42,44H,2,6,10,17-18,23,26H2,1,3-5,7H3/b11-8-,21-12-,22-14-,30-29-,43-37-/t35?,38-,42?,44?/m1/s1. The van der Waals surface area contributed by atoms with Gasteiger partial charge in [-0.25, -0.2) is 0 Å². The maximum Gasteiger partial charge on any atom is 0.00463 e. The molecule has 1 saturated carbocycles. The molecule has 0 heteroatoms.